The van der Waals surface area contributed by atoms with E-state index in [1.54, 1.807) is 23.6 Å². The van der Waals surface area contributed by atoms with E-state index in [-0.39, 0.29) is 0 Å². The van der Waals surface area contributed by atoms with Gasteiger partial charge in [-0.2, -0.15) is 0 Å². The molecular weight excluding hydrogens is 242 g/mol. The fraction of sp³-hybridized carbons (Fsp3) is 0.273. The van der Waals surface area contributed by atoms with Gasteiger partial charge in [-0.05, 0) is 18.1 Å². The molecule has 16 heavy (non-hydrogen) atoms. The summed E-state index contributed by atoms with van der Waals surface area (Å²) >= 11 is 7.34. The van der Waals surface area contributed by atoms with Crippen LogP contribution in [-0.4, -0.2) is 9.97 Å². The summed E-state index contributed by atoms with van der Waals surface area (Å²) in [5.41, 5.74) is 1.10. The molecule has 2 aromatic heterocycles. The normalized spacial score (nSPS) is 10.8. The van der Waals surface area contributed by atoms with Crippen molar-refractivity contribution in [2.75, 3.05) is 5.32 Å². The Bertz CT molecular complexity index is 464. The lowest BCUT2D eigenvalue weighted by atomic mass is 10.2. The number of rotatable bonds is 3. The van der Waals surface area contributed by atoms with Crippen LogP contribution >= 0.6 is 22.9 Å². The average molecular weight is 254 g/mol. The molecule has 0 amide bonds. The monoisotopic (exact) mass is 253 g/mol. The summed E-state index contributed by atoms with van der Waals surface area (Å²) in [4.78, 5) is 8.61. The summed E-state index contributed by atoms with van der Waals surface area (Å²) in [6, 6.07) is 3.63. The molecular formula is C11H12ClN3S. The number of pyridine rings is 1. The summed E-state index contributed by atoms with van der Waals surface area (Å²) in [7, 11) is 0. The van der Waals surface area contributed by atoms with Crippen molar-refractivity contribution in [3.8, 4) is 0 Å². The summed E-state index contributed by atoms with van der Waals surface area (Å²) in [6.45, 7) is 4.25. The molecule has 2 heterocycles. The van der Waals surface area contributed by atoms with Crippen molar-refractivity contribution < 1.29 is 0 Å². The van der Waals surface area contributed by atoms with E-state index in [1.165, 1.54) is 0 Å². The maximum absolute atomic E-state index is 5.76. The van der Waals surface area contributed by atoms with Crippen LogP contribution in [0.5, 0.6) is 0 Å². The van der Waals surface area contributed by atoms with Gasteiger partial charge >= 0.3 is 0 Å². The van der Waals surface area contributed by atoms with Crippen LogP contribution in [0.1, 0.15) is 25.5 Å². The van der Waals surface area contributed by atoms with Crippen molar-refractivity contribution >= 4 is 33.9 Å². The highest BCUT2D eigenvalue weighted by Gasteiger charge is 2.05. The predicted octanol–water partition coefficient (Wildman–Crippen LogP) is 4.06. The summed E-state index contributed by atoms with van der Waals surface area (Å²) in [5, 5.41) is 6.69. The first-order valence-electron chi connectivity index (χ1n) is 4.99. The van der Waals surface area contributed by atoms with Gasteiger partial charge in [0.25, 0.3) is 0 Å². The second kappa shape index (κ2) is 4.80. The molecule has 0 aliphatic heterocycles. The van der Waals surface area contributed by atoms with E-state index < -0.39 is 0 Å². The first-order valence-corrected chi connectivity index (χ1v) is 6.25. The number of hydrogen-bond donors (Lipinski definition) is 1. The van der Waals surface area contributed by atoms with Crippen LogP contribution in [0.25, 0.3) is 0 Å². The number of anilines is 2. The van der Waals surface area contributed by atoms with Crippen LogP contribution in [0.4, 0.5) is 10.9 Å². The third-order valence-electron chi connectivity index (χ3n) is 2.08. The van der Waals surface area contributed by atoms with E-state index >= 15 is 0 Å². The molecule has 2 aromatic rings. The average Bonchev–Trinajstić information content (AvgIpc) is 2.70. The molecule has 0 aliphatic rings. The van der Waals surface area contributed by atoms with Gasteiger partial charge in [0.15, 0.2) is 5.13 Å². The standard InChI is InChI=1S/C11H12ClN3S/c1-7(2)9-6-16-11(14-9)15-10-4-3-8(12)5-13-10/h3-7H,1-2H3,(H,13,14,15). The zero-order valence-corrected chi connectivity index (χ0v) is 10.6. The molecule has 2 rings (SSSR count). The van der Waals surface area contributed by atoms with Crippen LogP contribution in [0.15, 0.2) is 23.7 Å². The Morgan fingerprint density at radius 1 is 1.38 bits per heavy atom. The minimum Gasteiger partial charge on any atom is -0.316 e. The largest absolute Gasteiger partial charge is 0.316 e. The highest BCUT2D eigenvalue weighted by atomic mass is 35.5. The molecule has 0 radical (unpaired) electrons. The van der Waals surface area contributed by atoms with Crippen molar-refractivity contribution in [1.82, 2.24) is 9.97 Å². The van der Waals surface area contributed by atoms with Gasteiger partial charge in [-0.1, -0.05) is 25.4 Å². The van der Waals surface area contributed by atoms with E-state index in [1.807, 2.05) is 6.07 Å². The van der Waals surface area contributed by atoms with Crippen molar-refractivity contribution in [3.05, 3.63) is 34.4 Å². The van der Waals surface area contributed by atoms with E-state index in [4.69, 9.17) is 11.6 Å². The number of nitrogens with zero attached hydrogens (tertiary/aromatic N) is 2. The predicted molar refractivity (Wildman–Crippen MR) is 68.7 cm³/mol. The van der Waals surface area contributed by atoms with Gasteiger partial charge in [0, 0.05) is 11.6 Å². The lowest BCUT2D eigenvalue weighted by molar-refractivity contribution is 0.834. The summed E-state index contributed by atoms with van der Waals surface area (Å²) in [5.74, 6) is 1.21. The molecule has 0 atom stereocenters. The third kappa shape index (κ3) is 2.71. The smallest absolute Gasteiger partial charge is 0.188 e. The van der Waals surface area contributed by atoms with Gasteiger partial charge in [0.2, 0.25) is 0 Å². The Kier molecular flexibility index (Phi) is 3.41. The van der Waals surface area contributed by atoms with Gasteiger partial charge in [-0.25, -0.2) is 9.97 Å². The molecule has 0 fully saturated rings. The van der Waals surface area contributed by atoms with Crippen molar-refractivity contribution in [3.63, 3.8) is 0 Å². The number of nitrogens with one attached hydrogen (secondary N) is 1. The maximum Gasteiger partial charge on any atom is 0.188 e. The molecule has 84 valence electrons. The van der Waals surface area contributed by atoms with Crippen molar-refractivity contribution in [1.29, 1.82) is 0 Å². The van der Waals surface area contributed by atoms with Crippen LogP contribution < -0.4 is 5.32 Å². The Morgan fingerprint density at radius 2 is 2.19 bits per heavy atom. The SMILES string of the molecule is CC(C)c1csc(Nc2ccc(Cl)cn2)n1. The lowest BCUT2D eigenvalue weighted by Gasteiger charge is -2.01. The number of thiazole rings is 1. The van der Waals surface area contributed by atoms with Crippen molar-refractivity contribution in [2.24, 2.45) is 0 Å². The second-order valence-corrected chi connectivity index (χ2v) is 5.01. The highest BCUT2D eigenvalue weighted by Crippen LogP contribution is 2.24. The van der Waals surface area contributed by atoms with E-state index in [0.29, 0.717) is 10.9 Å². The number of hydrogen-bond acceptors (Lipinski definition) is 4. The molecule has 0 aliphatic carbocycles. The third-order valence-corrected chi connectivity index (χ3v) is 3.08. The quantitative estimate of drug-likeness (QED) is 0.897. The number of halogens is 1. The van der Waals surface area contributed by atoms with Gasteiger partial charge in [0.1, 0.15) is 5.82 Å². The van der Waals surface area contributed by atoms with Crippen LogP contribution in [0.3, 0.4) is 0 Å². The molecule has 0 aromatic carbocycles. The van der Waals surface area contributed by atoms with E-state index in [2.05, 4.69) is 34.5 Å². The minimum absolute atomic E-state index is 0.449. The molecule has 5 heteroatoms. The van der Waals surface area contributed by atoms with Crippen LogP contribution in [0, 0.1) is 0 Å². The zero-order chi connectivity index (χ0) is 11.5. The molecule has 0 unspecified atom stereocenters. The number of aromatic nitrogens is 2. The highest BCUT2D eigenvalue weighted by molar-refractivity contribution is 7.13. The molecule has 1 N–H and O–H groups in total. The van der Waals surface area contributed by atoms with Crippen LogP contribution in [-0.2, 0) is 0 Å². The fourth-order valence-corrected chi connectivity index (χ4v) is 2.16. The van der Waals surface area contributed by atoms with Gasteiger partial charge in [0.05, 0.1) is 10.7 Å². The summed E-state index contributed by atoms with van der Waals surface area (Å²) < 4.78 is 0. The van der Waals surface area contributed by atoms with Gasteiger partial charge in [-0.15, -0.1) is 11.3 Å². The van der Waals surface area contributed by atoms with Gasteiger partial charge < -0.3 is 5.32 Å². The first kappa shape index (κ1) is 11.4. The molecule has 0 saturated carbocycles. The first-order chi connectivity index (χ1) is 7.65. The van der Waals surface area contributed by atoms with E-state index in [9.17, 15) is 0 Å². The zero-order valence-electron chi connectivity index (χ0n) is 9.07. The second-order valence-electron chi connectivity index (χ2n) is 3.72. The topological polar surface area (TPSA) is 37.8 Å². The Labute approximate surface area is 104 Å². The van der Waals surface area contributed by atoms with Crippen LogP contribution in [0.2, 0.25) is 5.02 Å². The van der Waals surface area contributed by atoms with E-state index in [0.717, 1.165) is 16.6 Å². The molecule has 0 bridgehead atoms. The Hall–Kier alpha value is -1.13. The molecule has 3 nitrogen and oxygen atoms in total. The fourth-order valence-electron chi connectivity index (χ4n) is 1.17. The molecule has 0 spiro atoms. The van der Waals surface area contributed by atoms with Gasteiger partial charge in [-0.3, -0.25) is 0 Å². The lowest BCUT2D eigenvalue weighted by Crippen LogP contribution is -1.93. The maximum atomic E-state index is 5.76. The molecule has 0 saturated heterocycles. The minimum atomic E-state index is 0.449. The summed E-state index contributed by atoms with van der Waals surface area (Å²) in [6.07, 6.45) is 1.61. The Morgan fingerprint density at radius 3 is 2.75 bits per heavy atom. The Balaban J connectivity index is 2.11. The van der Waals surface area contributed by atoms with Crippen molar-refractivity contribution in [2.45, 2.75) is 19.8 Å².